The van der Waals surface area contributed by atoms with Crippen LogP contribution in [0, 0.1) is 0 Å². The molecule has 1 aliphatic heterocycles. The average Bonchev–Trinajstić information content (AvgIpc) is 2.93. The highest BCUT2D eigenvalue weighted by molar-refractivity contribution is 9.10. The van der Waals surface area contributed by atoms with Crippen molar-refractivity contribution in [3.8, 4) is 5.75 Å². The number of aromatic nitrogens is 1. The highest BCUT2D eigenvalue weighted by atomic mass is 79.9. The molecule has 0 radical (unpaired) electrons. The van der Waals surface area contributed by atoms with Crippen molar-refractivity contribution in [3.05, 3.63) is 57.8 Å². The van der Waals surface area contributed by atoms with E-state index in [-0.39, 0.29) is 6.04 Å². The third-order valence-corrected chi connectivity index (χ3v) is 4.09. The van der Waals surface area contributed by atoms with Gasteiger partial charge < -0.3 is 10.1 Å². The van der Waals surface area contributed by atoms with Crippen LogP contribution in [0.3, 0.4) is 0 Å². The Bertz CT molecular complexity index is 601. The van der Waals surface area contributed by atoms with Crippen LogP contribution >= 0.6 is 15.9 Å². The molecule has 0 amide bonds. The molecule has 4 heteroatoms. The van der Waals surface area contributed by atoms with Gasteiger partial charge in [-0.2, -0.15) is 0 Å². The minimum atomic E-state index is 0.286. The smallest absolute Gasteiger partial charge is 0.127 e. The summed E-state index contributed by atoms with van der Waals surface area (Å²) < 4.78 is 6.87. The Hall–Kier alpha value is -1.39. The Morgan fingerprint density at radius 1 is 1.35 bits per heavy atom. The lowest BCUT2D eigenvalue weighted by Gasteiger charge is -2.16. The molecule has 2 heterocycles. The number of nitrogens with one attached hydrogen (secondary N) is 1. The fourth-order valence-electron chi connectivity index (χ4n) is 2.51. The molecule has 20 heavy (non-hydrogen) atoms. The van der Waals surface area contributed by atoms with E-state index in [2.05, 4.69) is 45.3 Å². The summed E-state index contributed by atoms with van der Waals surface area (Å²) in [5, 5.41) is 3.54. The van der Waals surface area contributed by atoms with Gasteiger partial charge in [-0.05, 0) is 42.3 Å². The average molecular weight is 333 g/mol. The maximum Gasteiger partial charge on any atom is 0.127 e. The van der Waals surface area contributed by atoms with Crippen LogP contribution in [-0.2, 0) is 13.0 Å². The van der Waals surface area contributed by atoms with Crippen LogP contribution in [0.4, 0.5) is 0 Å². The van der Waals surface area contributed by atoms with E-state index in [9.17, 15) is 0 Å². The van der Waals surface area contributed by atoms with Crippen LogP contribution < -0.4 is 10.1 Å². The Balaban J connectivity index is 1.73. The van der Waals surface area contributed by atoms with Crippen LogP contribution in [0.1, 0.15) is 29.7 Å². The molecule has 0 unspecified atom stereocenters. The fraction of sp³-hybridized carbons (Fsp3) is 0.312. The third kappa shape index (κ3) is 2.86. The molecule has 104 valence electrons. The zero-order valence-corrected chi connectivity index (χ0v) is 13.0. The molecule has 0 aliphatic carbocycles. The lowest BCUT2D eigenvalue weighted by Crippen LogP contribution is -2.18. The summed E-state index contributed by atoms with van der Waals surface area (Å²) in [6.07, 6.45) is 4.66. The van der Waals surface area contributed by atoms with Crippen molar-refractivity contribution in [2.75, 3.05) is 6.61 Å². The zero-order chi connectivity index (χ0) is 13.9. The molecule has 0 fully saturated rings. The predicted molar refractivity (Wildman–Crippen MR) is 82.8 cm³/mol. The van der Waals surface area contributed by atoms with E-state index in [1.807, 2.05) is 24.5 Å². The number of hydrogen-bond donors (Lipinski definition) is 1. The van der Waals surface area contributed by atoms with E-state index in [0.717, 1.165) is 29.8 Å². The van der Waals surface area contributed by atoms with Gasteiger partial charge in [-0.25, -0.2) is 0 Å². The first kappa shape index (κ1) is 13.6. The summed E-state index contributed by atoms with van der Waals surface area (Å²) in [5.41, 5.74) is 3.76. The highest BCUT2D eigenvalue weighted by Gasteiger charge is 2.17. The van der Waals surface area contributed by atoms with E-state index >= 15 is 0 Å². The van der Waals surface area contributed by atoms with Gasteiger partial charge in [-0.15, -0.1) is 0 Å². The third-order valence-electron chi connectivity index (χ3n) is 3.63. The Morgan fingerprint density at radius 3 is 2.95 bits per heavy atom. The van der Waals surface area contributed by atoms with Crippen molar-refractivity contribution in [2.24, 2.45) is 0 Å². The molecule has 2 aromatic rings. The molecule has 3 rings (SSSR count). The molecule has 1 aliphatic rings. The molecule has 1 atom stereocenters. The number of ether oxygens (including phenoxy) is 1. The summed E-state index contributed by atoms with van der Waals surface area (Å²) in [6, 6.07) is 8.65. The van der Waals surface area contributed by atoms with Gasteiger partial charge in [0.2, 0.25) is 0 Å². The van der Waals surface area contributed by atoms with E-state index in [1.165, 1.54) is 16.7 Å². The quantitative estimate of drug-likeness (QED) is 0.928. The van der Waals surface area contributed by atoms with Crippen molar-refractivity contribution in [1.29, 1.82) is 0 Å². The molecular weight excluding hydrogens is 316 g/mol. The molecule has 1 aromatic carbocycles. The van der Waals surface area contributed by atoms with Gasteiger partial charge in [0.25, 0.3) is 0 Å². The molecule has 0 saturated carbocycles. The van der Waals surface area contributed by atoms with E-state index in [4.69, 9.17) is 4.74 Å². The van der Waals surface area contributed by atoms with Crippen molar-refractivity contribution in [2.45, 2.75) is 25.9 Å². The lowest BCUT2D eigenvalue weighted by atomic mass is 10.1. The van der Waals surface area contributed by atoms with Gasteiger partial charge in [0, 0.05) is 41.4 Å². The summed E-state index contributed by atoms with van der Waals surface area (Å²) in [5.74, 6) is 1.06. The molecule has 0 bridgehead atoms. The fourth-order valence-corrected chi connectivity index (χ4v) is 3.06. The zero-order valence-electron chi connectivity index (χ0n) is 11.4. The lowest BCUT2D eigenvalue weighted by molar-refractivity contribution is 0.351. The summed E-state index contributed by atoms with van der Waals surface area (Å²) in [7, 11) is 0. The van der Waals surface area contributed by atoms with Gasteiger partial charge in [-0.3, -0.25) is 4.98 Å². The largest absolute Gasteiger partial charge is 0.493 e. The maximum absolute atomic E-state index is 5.75. The second-order valence-electron chi connectivity index (χ2n) is 5.03. The first-order valence-corrected chi connectivity index (χ1v) is 7.61. The summed E-state index contributed by atoms with van der Waals surface area (Å²) in [6.45, 7) is 3.75. The van der Waals surface area contributed by atoms with Crippen LogP contribution in [-0.4, -0.2) is 11.6 Å². The minimum Gasteiger partial charge on any atom is -0.493 e. The molecule has 0 saturated heterocycles. The van der Waals surface area contributed by atoms with Crippen molar-refractivity contribution in [1.82, 2.24) is 10.3 Å². The van der Waals surface area contributed by atoms with Crippen molar-refractivity contribution >= 4 is 15.9 Å². The van der Waals surface area contributed by atoms with Crippen LogP contribution in [0.15, 0.2) is 41.1 Å². The van der Waals surface area contributed by atoms with Crippen LogP contribution in [0.2, 0.25) is 0 Å². The van der Waals surface area contributed by atoms with Crippen molar-refractivity contribution in [3.63, 3.8) is 0 Å². The monoisotopic (exact) mass is 332 g/mol. The Labute approximate surface area is 127 Å². The van der Waals surface area contributed by atoms with Gasteiger partial charge >= 0.3 is 0 Å². The van der Waals surface area contributed by atoms with Gasteiger partial charge in [-0.1, -0.05) is 15.9 Å². The van der Waals surface area contributed by atoms with Gasteiger partial charge in [0.1, 0.15) is 5.75 Å². The van der Waals surface area contributed by atoms with Crippen LogP contribution in [0.25, 0.3) is 0 Å². The summed E-state index contributed by atoms with van der Waals surface area (Å²) in [4.78, 5) is 4.05. The Morgan fingerprint density at radius 2 is 2.15 bits per heavy atom. The van der Waals surface area contributed by atoms with Crippen molar-refractivity contribution < 1.29 is 4.74 Å². The topological polar surface area (TPSA) is 34.1 Å². The molecule has 1 aromatic heterocycles. The van der Waals surface area contributed by atoms with Crippen LogP contribution in [0.5, 0.6) is 5.75 Å². The number of halogens is 1. The SMILES string of the molecule is C[C@@H](NCc1cc(Br)cc2c1OCC2)c1ccncc1. The first-order valence-electron chi connectivity index (χ1n) is 6.81. The van der Waals surface area contributed by atoms with Gasteiger partial charge in [0.15, 0.2) is 0 Å². The number of fused-ring (bicyclic) bond motifs is 1. The number of benzene rings is 1. The molecule has 1 N–H and O–H groups in total. The number of pyridine rings is 1. The number of hydrogen-bond acceptors (Lipinski definition) is 3. The first-order chi connectivity index (χ1) is 9.74. The Kier molecular flexibility index (Phi) is 4.03. The maximum atomic E-state index is 5.75. The highest BCUT2D eigenvalue weighted by Crippen LogP contribution is 2.33. The van der Waals surface area contributed by atoms with E-state index < -0.39 is 0 Å². The standard InChI is InChI=1S/C16H17BrN2O/c1-11(12-2-5-18-6-3-12)19-10-14-9-15(17)8-13-4-7-20-16(13)14/h2-3,5-6,8-9,11,19H,4,7,10H2,1H3/t11-/m1/s1. The van der Waals surface area contributed by atoms with E-state index in [0.29, 0.717) is 0 Å². The second-order valence-corrected chi connectivity index (χ2v) is 5.95. The molecular formula is C16H17BrN2O. The number of nitrogens with zero attached hydrogens (tertiary/aromatic N) is 1. The predicted octanol–water partition coefficient (Wildman–Crippen LogP) is 3.63. The van der Waals surface area contributed by atoms with Gasteiger partial charge in [0.05, 0.1) is 6.61 Å². The summed E-state index contributed by atoms with van der Waals surface area (Å²) >= 11 is 3.58. The normalized spacial score (nSPS) is 14.7. The van der Waals surface area contributed by atoms with E-state index in [1.54, 1.807) is 0 Å². The molecule has 3 nitrogen and oxygen atoms in total. The minimum absolute atomic E-state index is 0.286. The second kappa shape index (κ2) is 5.94. The number of rotatable bonds is 4. The molecule has 0 spiro atoms.